The van der Waals surface area contributed by atoms with Crippen LogP contribution in [0.3, 0.4) is 0 Å². The molecule has 0 saturated heterocycles. The molecule has 0 spiro atoms. The van der Waals surface area contributed by atoms with Crippen LogP contribution in [-0.2, 0) is 0 Å². The van der Waals surface area contributed by atoms with Crippen LogP contribution in [0.25, 0.3) is 9.81 Å². The first-order chi connectivity index (χ1) is 10.3. The van der Waals surface area contributed by atoms with Gasteiger partial charge in [0, 0.05) is 14.7 Å². The van der Waals surface area contributed by atoms with Crippen molar-refractivity contribution in [1.82, 2.24) is 0 Å². The van der Waals surface area contributed by atoms with Gasteiger partial charge in [0.2, 0.25) is 0 Å². The van der Waals surface area contributed by atoms with Gasteiger partial charge in [-0.1, -0.05) is 90.3 Å². The van der Waals surface area contributed by atoms with Gasteiger partial charge in [0.05, 0.1) is 0 Å². The number of hydrogen-bond acceptors (Lipinski definition) is 2. The van der Waals surface area contributed by atoms with Gasteiger partial charge >= 0.3 is 0 Å². The molecule has 0 aliphatic carbocycles. The number of rotatable bonds is 2. The zero-order valence-corrected chi connectivity index (χ0v) is 14.0. The number of aryl methyl sites for hydroxylation is 1. The van der Waals surface area contributed by atoms with Crippen molar-refractivity contribution in [2.45, 2.75) is 6.92 Å². The number of benzene rings is 2. The third-order valence-electron chi connectivity index (χ3n) is 3.46. The van der Waals surface area contributed by atoms with Gasteiger partial charge in [-0.3, -0.25) is 0 Å². The van der Waals surface area contributed by atoms with Gasteiger partial charge in [0.15, 0.2) is 0 Å². The fraction of sp³-hybridized carbons (Fsp3) is 0.0556. The average molecular weight is 327 g/mol. The number of allylic oxidation sites excluding steroid dienone is 2. The second kappa shape index (κ2) is 5.56. The van der Waals surface area contributed by atoms with E-state index in [1.54, 1.807) is 0 Å². The van der Waals surface area contributed by atoms with Crippen molar-refractivity contribution in [3.8, 4) is 0 Å². The van der Waals surface area contributed by atoms with Crippen LogP contribution in [-0.4, -0.2) is 4.86 Å². The molecule has 104 valence electrons. The summed E-state index contributed by atoms with van der Waals surface area (Å²) in [6.07, 6.45) is 4.72. The highest BCUT2D eigenvalue weighted by atomic mass is 33.5. The lowest BCUT2D eigenvalue weighted by Crippen LogP contribution is -1.83. The molecule has 0 nitrogen and oxygen atoms in total. The summed E-state index contributed by atoms with van der Waals surface area (Å²) in [6.45, 7) is 2.13. The van der Waals surface area contributed by atoms with Crippen LogP contribution in [0.15, 0.2) is 66.7 Å². The summed E-state index contributed by atoms with van der Waals surface area (Å²) in [5.74, 6) is 0. The highest BCUT2D eigenvalue weighted by Gasteiger charge is 2.23. The van der Waals surface area contributed by atoms with Gasteiger partial charge in [0.1, 0.15) is 0 Å². The molecule has 2 aliphatic rings. The van der Waals surface area contributed by atoms with Gasteiger partial charge < -0.3 is 0 Å². The highest BCUT2D eigenvalue weighted by Crippen LogP contribution is 2.63. The molecule has 2 heterocycles. The Balaban J connectivity index is 1.60. The molecule has 2 aromatic carbocycles. The normalized spacial score (nSPS) is 20.2. The van der Waals surface area contributed by atoms with Crippen molar-refractivity contribution >= 4 is 44.8 Å². The third-order valence-corrected chi connectivity index (χ3v) is 9.82. The summed E-state index contributed by atoms with van der Waals surface area (Å²) in [7, 11) is 4.23. The Bertz CT molecular complexity index is 781. The molecule has 0 amide bonds. The fourth-order valence-electron chi connectivity index (χ4n) is 2.30. The van der Waals surface area contributed by atoms with Gasteiger partial charge in [-0.05, 0) is 30.2 Å². The van der Waals surface area contributed by atoms with Crippen molar-refractivity contribution in [2.24, 2.45) is 0 Å². The zero-order valence-electron chi connectivity index (χ0n) is 11.6. The van der Waals surface area contributed by atoms with E-state index in [0.717, 1.165) is 0 Å². The Kier molecular flexibility index (Phi) is 3.57. The minimum atomic E-state index is 0.230. The molecule has 2 aliphatic heterocycles. The van der Waals surface area contributed by atoms with Crippen molar-refractivity contribution in [3.05, 3.63) is 83.4 Å². The molecule has 0 aromatic heterocycles. The lowest BCUT2D eigenvalue weighted by atomic mass is 10.1. The maximum absolute atomic E-state index is 2.36. The molecule has 0 radical (unpaired) electrons. The van der Waals surface area contributed by atoms with Crippen molar-refractivity contribution in [3.63, 3.8) is 0 Å². The molecule has 2 aromatic rings. The minimum absolute atomic E-state index is 0.230. The first-order valence-electron chi connectivity index (χ1n) is 6.83. The molecule has 0 saturated carbocycles. The Morgan fingerprint density at radius 3 is 1.86 bits per heavy atom. The van der Waals surface area contributed by atoms with E-state index >= 15 is 0 Å². The monoisotopic (exact) mass is 326 g/mol. The topological polar surface area (TPSA) is 0 Å². The van der Waals surface area contributed by atoms with E-state index in [-0.39, 0.29) is 8.55 Å². The highest BCUT2D eigenvalue weighted by molar-refractivity contribution is 9.19. The second-order valence-electron chi connectivity index (χ2n) is 5.05. The van der Waals surface area contributed by atoms with Crippen LogP contribution < -0.4 is 0 Å². The van der Waals surface area contributed by atoms with Crippen molar-refractivity contribution < 1.29 is 0 Å². The largest absolute Gasteiger partial charge is 0.0622 e. The van der Waals surface area contributed by atoms with Gasteiger partial charge in [-0.25, -0.2) is 0 Å². The Morgan fingerprint density at radius 2 is 1.29 bits per heavy atom. The summed E-state index contributed by atoms with van der Waals surface area (Å²) in [5.41, 5.74) is 4.00. The summed E-state index contributed by atoms with van der Waals surface area (Å²) < 4.78 is 0. The van der Waals surface area contributed by atoms with Gasteiger partial charge in [-0.15, -0.1) is 0 Å². The van der Waals surface area contributed by atoms with Crippen molar-refractivity contribution in [2.75, 3.05) is 0 Å². The maximum atomic E-state index is 2.36. The van der Waals surface area contributed by atoms with E-state index in [1.165, 1.54) is 31.4 Å². The molecule has 3 heteroatoms. The summed E-state index contributed by atoms with van der Waals surface area (Å²) >= 11 is 0. The quantitative estimate of drug-likeness (QED) is 0.480. The predicted molar refractivity (Wildman–Crippen MR) is 101 cm³/mol. The third kappa shape index (κ3) is 2.66. The first-order valence-corrected chi connectivity index (χ1v) is 10.7. The molecule has 1 unspecified atom stereocenters. The smallest absolute Gasteiger partial charge is 0.0270 e. The molecule has 0 fully saturated rings. The molecule has 0 bridgehead atoms. The van der Waals surface area contributed by atoms with Gasteiger partial charge in [-0.2, -0.15) is 0 Å². The molecule has 4 rings (SSSR count). The van der Waals surface area contributed by atoms with E-state index in [9.17, 15) is 0 Å². The van der Waals surface area contributed by atoms with E-state index in [2.05, 4.69) is 73.7 Å². The first kappa shape index (κ1) is 13.5. The van der Waals surface area contributed by atoms with Crippen LogP contribution in [0.1, 0.15) is 16.7 Å². The SMILES string of the molecule is Cc1ccc(C2=CC3=S(SC(c4ccccc4)=C3)S2)cc1. The Morgan fingerprint density at radius 1 is 0.714 bits per heavy atom. The standard InChI is InChI=1S/C18H14S3/c1-13-7-9-15(10-8-13)18-12-16-11-17(19-21(16)20-18)14-5-3-2-4-6-14/h2-12H,1H3. The molecule has 0 N–H and O–H groups in total. The van der Waals surface area contributed by atoms with Crippen LogP contribution in [0.5, 0.6) is 0 Å². The lowest BCUT2D eigenvalue weighted by Gasteiger charge is -2.07. The molecular formula is C18H14S3. The zero-order chi connectivity index (χ0) is 14.2. The minimum Gasteiger partial charge on any atom is -0.0622 e. The van der Waals surface area contributed by atoms with Crippen LogP contribution in [0.4, 0.5) is 0 Å². The van der Waals surface area contributed by atoms with E-state index in [1.807, 2.05) is 21.6 Å². The van der Waals surface area contributed by atoms with Crippen LogP contribution in [0, 0.1) is 6.92 Å². The molecular weight excluding hydrogens is 312 g/mol. The van der Waals surface area contributed by atoms with E-state index < -0.39 is 0 Å². The Hall–Kier alpha value is -1.16. The Labute approximate surface area is 135 Å². The lowest BCUT2D eigenvalue weighted by molar-refractivity contribution is 1.46. The van der Waals surface area contributed by atoms with E-state index in [0.29, 0.717) is 0 Å². The van der Waals surface area contributed by atoms with Gasteiger partial charge in [0.25, 0.3) is 0 Å². The van der Waals surface area contributed by atoms with Crippen molar-refractivity contribution in [1.29, 1.82) is 0 Å². The summed E-state index contributed by atoms with van der Waals surface area (Å²) in [4.78, 5) is 4.28. The average Bonchev–Trinajstić information content (AvgIpc) is 3.07. The molecule has 21 heavy (non-hydrogen) atoms. The van der Waals surface area contributed by atoms with Crippen LogP contribution >= 0.6 is 30.1 Å². The fourth-order valence-corrected chi connectivity index (χ4v) is 8.98. The number of hydrogen-bond donors (Lipinski definition) is 0. The second-order valence-corrected chi connectivity index (χ2v) is 10.8. The molecule has 1 atom stereocenters. The summed E-state index contributed by atoms with van der Waals surface area (Å²) in [6, 6.07) is 19.5. The predicted octanol–water partition coefficient (Wildman–Crippen LogP) is 6.14. The van der Waals surface area contributed by atoms with E-state index in [4.69, 9.17) is 0 Å². The summed E-state index contributed by atoms with van der Waals surface area (Å²) in [5, 5.41) is 0. The maximum Gasteiger partial charge on any atom is 0.0270 e. The van der Waals surface area contributed by atoms with Crippen LogP contribution in [0.2, 0.25) is 0 Å².